The molecular weight excluding hydrogens is 237 g/mol. The van der Waals surface area contributed by atoms with Crippen molar-refractivity contribution in [2.45, 2.75) is 6.92 Å². The topological polar surface area (TPSA) is 29.1 Å². The molecule has 4 heteroatoms. The van der Waals surface area contributed by atoms with Gasteiger partial charge >= 0.3 is 0 Å². The van der Waals surface area contributed by atoms with E-state index in [2.05, 4.69) is 21.2 Å². The lowest BCUT2D eigenvalue weighted by Crippen LogP contribution is -2.13. The zero-order chi connectivity index (χ0) is 9.84. The number of alkyl halides is 1. The molecule has 0 aliphatic rings. The zero-order valence-corrected chi connectivity index (χ0v) is 8.69. The molecule has 2 nitrogen and oxygen atoms in total. The third-order valence-corrected chi connectivity index (χ3v) is 2.03. The lowest BCUT2D eigenvalue weighted by Gasteiger charge is -2.04. The van der Waals surface area contributed by atoms with E-state index in [-0.39, 0.29) is 16.9 Å². The minimum absolute atomic E-state index is 0.167. The van der Waals surface area contributed by atoms with Gasteiger partial charge in [0.2, 0.25) is 5.91 Å². The molecule has 0 aromatic heterocycles. The number of aryl methyl sites for hydroxylation is 1. The summed E-state index contributed by atoms with van der Waals surface area (Å²) in [5.74, 6) is -0.676. The highest BCUT2D eigenvalue weighted by Gasteiger charge is 2.04. The van der Waals surface area contributed by atoms with Gasteiger partial charge in [0.05, 0.1) is 11.0 Å². The molecule has 1 aromatic carbocycles. The summed E-state index contributed by atoms with van der Waals surface area (Å²) in [6, 6.07) is 4.58. The molecule has 0 atom stereocenters. The Hall–Kier alpha value is -0.900. The molecule has 1 N–H and O–H groups in total. The first kappa shape index (κ1) is 10.2. The van der Waals surface area contributed by atoms with E-state index in [1.807, 2.05) is 6.92 Å². The van der Waals surface area contributed by atoms with E-state index in [0.29, 0.717) is 0 Å². The van der Waals surface area contributed by atoms with E-state index >= 15 is 0 Å². The number of nitrogens with one attached hydrogen (secondary N) is 1. The van der Waals surface area contributed by atoms with E-state index in [4.69, 9.17) is 0 Å². The van der Waals surface area contributed by atoms with E-state index < -0.39 is 5.82 Å². The smallest absolute Gasteiger partial charge is 0.235 e. The SMILES string of the molecule is Cc1ccc(F)c(NC(=O)CBr)c1. The van der Waals surface area contributed by atoms with Gasteiger partial charge in [0.15, 0.2) is 0 Å². The first-order valence-corrected chi connectivity index (χ1v) is 4.87. The Kier molecular flexibility index (Phi) is 3.42. The van der Waals surface area contributed by atoms with Crippen molar-refractivity contribution in [3.05, 3.63) is 29.6 Å². The van der Waals surface area contributed by atoms with Gasteiger partial charge in [-0.3, -0.25) is 4.79 Å². The molecule has 0 saturated heterocycles. The lowest BCUT2D eigenvalue weighted by molar-refractivity contribution is -0.113. The maximum atomic E-state index is 13.0. The number of carbonyl (C=O) groups is 1. The molecule has 0 aliphatic heterocycles. The van der Waals surface area contributed by atoms with Crippen molar-refractivity contribution in [3.63, 3.8) is 0 Å². The van der Waals surface area contributed by atoms with Crippen LogP contribution in [-0.4, -0.2) is 11.2 Å². The van der Waals surface area contributed by atoms with Gasteiger partial charge in [-0.1, -0.05) is 22.0 Å². The first-order chi connectivity index (χ1) is 6.13. The molecular formula is C9H9BrFNO. The fraction of sp³-hybridized carbons (Fsp3) is 0.222. The van der Waals surface area contributed by atoms with Crippen molar-refractivity contribution in [1.29, 1.82) is 0 Å². The van der Waals surface area contributed by atoms with Crippen LogP contribution in [-0.2, 0) is 4.79 Å². The summed E-state index contributed by atoms with van der Waals surface area (Å²) in [5.41, 5.74) is 1.13. The van der Waals surface area contributed by atoms with Crippen molar-refractivity contribution in [2.24, 2.45) is 0 Å². The number of rotatable bonds is 2. The number of hydrogen-bond acceptors (Lipinski definition) is 1. The molecule has 1 aromatic rings. The second-order valence-corrected chi connectivity index (χ2v) is 3.23. The Morgan fingerprint density at radius 2 is 2.31 bits per heavy atom. The van der Waals surface area contributed by atoms with Crippen LogP contribution < -0.4 is 5.32 Å². The van der Waals surface area contributed by atoms with Gasteiger partial charge in [-0.25, -0.2) is 4.39 Å². The van der Waals surface area contributed by atoms with E-state index in [0.717, 1.165) is 5.56 Å². The van der Waals surface area contributed by atoms with Gasteiger partial charge in [0.25, 0.3) is 0 Å². The van der Waals surface area contributed by atoms with Gasteiger partial charge in [-0.2, -0.15) is 0 Å². The Labute approximate surface area is 84.3 Å². The van der Waals surface area contributed by atoms with E-state index in [9.17, 15) is 9.18 Å². The van der Waals surface area contributed by atoms with Gasteiger partial charge in [0.1, 0.15) is 5.82 Å². The maximum absolute atomic E-state index is 13.0. The highest BCUT2D eigenvalue weighted by Crippen LogP contribution is 2.15. The average Bonchev–Trinajstić information content (AvgIpc) is 2.11. The molecule has 70 valence electrons. The van der Waals surface area contributed by atoms with Crippen LogP contribution in [0, 0.1) is 12.7 Å². The maximum Gasteiger partial charge on any atom is 0.235 e. The molecule has 13 heavy (non-hydrogen) atoms. The van der Waals surface area contributed by atoms with E-state index in [1.165, 1.54) is 6.07 Å². The molecule has 1 rings (SSSR count). The number of anilines is 1. The fourth-order valence-corrected chi connectivity index (χ4v) is 1.06. The van der Waals surface area contributed by atoms with Gasteiger partial charge in [0, 0.05) is 0 Å². The van der Waals surface area contributed by atoms with Crippen LogP contribution in [0.4, 0.5) is 10.1 Å². The normalized spacial score (nSPS) is 9.77. The quantitative estimate of drug-likeness (QED) is 0.798. The summed E-state index contributed by atoms with van der Waals surface area (Å²) < 4.78 is 13.0. The van der Waals surface area contributed by atoms with Crippen molar-refractivity contribution < 1.29 is 9.18 Å². The second-order valence-electron chi connectivity index (χ2n) is 2.67. The number of amides is 1. The highest BCUT2D eigenvalue weighted by atomic mass is 79.9. The van der Waals surface area contributed by atoms with Crippen LogP contribution in [0.3, 0.4) is 0 Å². The van der Waals surface area contributed by atoms with Crippen LogP contribution >= 0.6 is 15.9 Å². The Morgan fingerprint density at radius 3 is 2.92 bits per heavy atom. The number of carbonyl (C=O) groups excluding carboxylic acids is 1. The Morgan fingerprint density at radius 1 is 1.62 bits per heavy atom. The van der Waals surface area contributed by atoms with Crippen molar-refractivity contribution >= 4 is 27.5 Å². The third-order valence-electron chi connectivity index (χ3n) is 1.52. The predicted octanol–water partition coefficient (Wildman–Crippen LogP) is 2.47. The van der Waals surface area contributed by atoms with Crippen LogP contribution in [0.2, 0.25) is 0 Å². The monoisotopic (exact) mass is 245 g/mol. The first-order valence-electron chi connectivity index (χ1n) is 3.75. The van der Waals surface area contributed by atoms with Gasteiger partial charge in [-0.05, 0) is 24.6 Å². The van der Waals surface area contributed by atoms with Crippen LogP contribution in [0.25, 0.3) is 0 Å². The molecule has 0 unspecified atom stereocenters. The molecule has 0 spiro atoms. The second kappa shape index (κ2) is 4.37. The van der Waals surface area contributed by atoms with Crippen LogP contribution in [0.15, 0.2) is 18.2 Å². The largest absolute Gasteiger partial charge is 0.323 e. The molecule has 0 saturated carbocycles. The van der Waals surface area contributed by atoms with Crippen molar-refractivity contribution in [2.75, 3.05) is 10.6 Å². The lowest BCUT2D eigenvalue weighted by atomic mass is 10.2. The fourth-order valence-electron chi connectivity index (χ4n) is 0.919. The highest BCUT2D eigenvalue weighted by molar-refractivity contribution is 9.09. The minimum Gasteiger partial charge on any atom is -0.323 e. The Bertz CT molecular complexity index is 327. The third kappa shape index (κ3) is 2.81. The summed E-state index contributed by atoms with van der Waals surface area (Å²) in [5, 5.41) is 2.61. The molecule has 0 radical (unpaired) electrons. The zero-order valence-electron chi connectivity index (χ0n) is 7.10. The minimum atomic E-state index is -0.417. The van der Waals surface area contributed by atoms with E-state index in [1.54, 1.807) is 12.1 Å². The van der Waals surface area contributed by atoms with Gasteiger partial charge < -0.3 is 5.32 Å². The van der Waals surface area contributed by atoms with Gasteiger partial charge in [-0.15, -0.1) is 0 Å². The summed E-state index contributed by atoms with van der Waals surface area (Å²) in [6.07, 6.45) is 0. The number of hydrogen-bond donors (Lipinski definition) is 1. The summed E-state index contributed by atoms with van der Waals surface area (Å²) >= 11 is 2.98. The standard InChI is InChI=1S/C9H9BrFNO/c1-6-2-3-7(11)8(4-6)12-9(13)5-10/h2-4H,5H2,1H3,(H,12,13). The summed E-state index contributed by atoms with van der Waals surface area (Å²) in [4.78, 5) is 10.9. The van der Waals surface area contributed by atoms with Crippen LogP contribution in [0.5, 0.6) is 0 Å². The van der Waals surface area contributed by atoms with Crippen molar-refractivity contribution in [1.82, 2.24) is 0 Å². The average molecular weight is 246 g/mol. The predicted molar refractivity (Wildman–Crippen MR) is 53.6 cm³/mol. The molecule has 0 bridgehead atoms. The molecule has 0 heterocycles. The number of benzene rings is 1. The molecule has 0 fully saturated rings. The summed E-state index contributed by atoms with van der Waals surface area (Å²) in [7, 11) is 0. The molecule has 0 aliphatic carbocycles. The van der Waals surface area contributed by atoms with Crippen molar-refractivity contribution in [3.8, 4) is 0 Å². The van der Waals surface area contributed by atoms with Crippen LogP contribution in [0.1, 0.15) is 5.56 Å². The Balaban J connectivity index is 2.87. The summed E-state index contributed by atoms with van der Waals surface area (Å²) in [6.45, 7) is 1.84. The molecule has 1 amide bonds. The number of halogens is 2.